The molecule has 0 spiro atoms. The smallest absolute Gasteiger partial charge is 0.256 e. The van der Waals surface area contributed by atoms with Crippen LogP contribution in [-0.2, 0) is 11.2 Å². The first-order chi connectivity index (χ1) is 14.2. The van der Waals surface area contributed by atoms with Gasteiger partial charge in [-0.1, -0.05) is 18.0 Å². The Morgan fingerprint density at radius 3 is 2.83 bits per heavy atom. The number of aromatic nitrogens is 3. The van der Waals surface area contributed by atoms with E-state index in [9.17, 15) is 4.79 Å². The Kier molecular flexibility index (Phi) is 6.54. The number of carbonyl (C=O) groups excluding carboxylic acids is 1. The molecule has 2 aliphatic rings. The van der Waals surface area contributed by atoms with Crippen molar-refractivity contribution in [1.29, 1.82) is 0 Å². The summed E-state index contributed by atoms with van der Waals surface area (Å²) in [6.45, 7) is 4.05. The molecule has 1 aliphatic heterocycles. The summed E-state index contributed by atoms with van der Waals surface area (Å²) in [6.07, 6.45) is 10.4. The van der Waals surface area contributed by atoms with Crippen molar-refractivity contribution in [1.82, 2.24) is 20.0 Å². The van der Waals surface area contributed by atoms with Crippen molar-refractivity contribution >= 4 is 5.91 Å². The zero-order valence-corrected chi connectivity index (χ0v) is 17.2. The van der Waals surface area contributed by atoms with Crippen LogP contribution in [0.25, 0.3) is 0 Å². The van der Waals surface area contributed by atoms with Crippen LogP contribution in [0.4, 0.5) is 0 Å². The minimum Gasteiger partial charge on any atom is -0.381 e. The third kappa shape index (κ3) is 5.01. The molecule has 7 nitrogen and oxygen atoms in total. The highest BCUT2D eigenvalue weighted by atomic mass is 16.5. The molecule has 29 heavy (non-hydrogen) atoms. The van der Waals surface area contributed by atoms with E-state index in [1.165, 1.54) is 25.7 Å². The van der Waals surface area contributed by atoms with Crippen LogP contribution >= 0.6 is 0 Å². The lowest BCUT2D eigenvalue weighted by Crippen LogP contribution is -2.38. The highest BCUT2D eigenvalue weighted by Gasteiger charge is 2.32. The van der Waals surface area contributed by atoms with E-state index in [1.807, 2.05) is 24.0 Å². The minimum atomic E-state index is -0.168. The number of ether oxygens (including phenoxy) is 1. The molecule has 1 atom stereocenters. The predicted molar refractivity (Wildman–Crippen MR) is 107 cm³/mol. The third-order valence-corrected chi connectivity index (χ3v) is 5.99. The number of carbonyl (C=O) groups is 1. The van der Waals surface area contributed by atoms with E-state index in [4.69, 9.17) is 9.26 Å². The lowest BCUT2D eigenvalue weighted by atomic mass is 10.0. The van der Waals surface area contributed by atoms with Gasteiger partial charge in [-0.2, -0.15) is 4.98 Å². The average Bonchev–Trinajstić information content (AvgIpc) is 3.43. The van der Waals surface area contributed by atoms with Crippen LogP contribution < -0.4 is 0 Å². The molecule has 0 radical (unpaired) electrons. The number of rotatable bonds is 7. The summed E-state index contributed by atoms with van der Waals surface area (Å²) in [5, 5.41) is 4.12. The largest absolute Gasteiger partial charge is 0.381 e. The van der Waals surface area contributed by atoms with Gasteiger partial charge < -0.3 is 14.2 Å². The van der Waals surface area contributed by atoms with E-state index in [-0.39, 0.29) is 11.9 Å². The number of piperidine rings is 1. The van der Waals surface area contributed by atoms with Crippen LogP contribution in [0.3, 0.4) is 0 Å². The Bertz CT molecular complexity index is 799. The van der Waals surface area contributed by atoms with Crippen LogP contribution in [0.2, 0.25) is 0 Å². The molecule has 0 aromatic carbocycles. The zero-order chi connectivity index (χ0) is 20.1. The minimum absolute atomic E-state index is 0.0261. The number of nitrogens with zero attached hydrogens (tertiary/aromatic N) is 4. The molecule has 1 saturated carbocycles. The highest BCUT2D eigenvalue weighted by molar-refractivity contribution is 5.94. The molecular formula is C22H30N4O3. The molecule has 7 heteroatoms. The van der Waals surface area contributed by atoms with E-state index < -0.39 is 0 Å². The van der Waals surface area contributed by atoms with E-state index in [0.29, 0.717) is 42.8 Å². The maximum absolute atomic E-state index is 13.0. The van der Waals surface area contributed by atoms with Gasteiger partial charge in [0.25, 0.3) is 5.91 Å². The first kappa shape index (κ1) is 20.0. The van der Waals surface area contributed by atoms with Crippen LogP contribution in [0.5, 0.6) is 0 Å². The number of amides is 1. The fraction of sp³-hybridized carbons (Fsp3) is 0.636. The second-order valence-electron chi connectivity index (χ2n) is 8.22. The number of aryl methyl sites for hydroxylation is 1. The summed E-state index contributed by atoms with van der Waals surface area (Å²) in [5.41, 5.74) is 1.50. The molecule has 2 aromatic rings. The van der Waals surface area contributed by atoms with Gasteiger partial charge in [-0.3, -0.25) is 9.78 Å². The molecule has 3 heterocycles. The summed E-state index contributed by atoms with van der Waals surface area (Å²) in [5.74, 6) is 1.88. The lowest BCUT2D eigenvalue weighted by molar-refractivity contribution is 0.0561. The number of hydrogen-bond acceptors (Lipinski definition) is 6. The Hall–Kier alpha value is -2.28. The summed E-state index contributed by atoms with van der Waals surface area (Å²) in [4.78, 5) is 23.7. The van der Waals surface area contributed by atoms with E-state index in [0.717, 1.165) is 31.6 Å². The summed E-state index contributed by atoms with van der Waals surface area (Å²) < 4.78 is 11.4. The molecule has 0 N–H and O–H groups in total. The quantitative estimate of drug-likeness (QED) is 0.658. The van der Waals surface area contributed by atoms with Gasteiger partial charge in [0.1, 0.15) is 6.04 Å². The monoisotopic (exact) mass is 398 g/mol. The van der Waals surface area contributed by atoms with Crippen molar-refractivity contribution in [2.24, 2.45) is 5.92 Å². The van der Waals surface area contributed by atoms with E-state index >= 15 is 0 Å². The fourth-order valence-corrected chi connectivity index (χ4v) is 4.29. The molecule has 0 bridgehead atoms. The van der Waals surface area contributed by atoms with Crippen molar-refractivity contribution in [3.63, 3.8) is 0 Å². The number of hydrogen-bond donors (Lipinski definition) is 0. The van der Waals surface area contributed by atoms with Crippen molar-refractivity contribution in [2.45, 2.75) is 64.3 Å². The highest BCUT2D eigenvalue weighted by Crippen LogP contribution is 2.31. The number of pyridine rings is 1. The van der Waals surface area contributed by atoms with Crippen molar-refractivity contribution in [2.75, 3.05) is 19.8 Å². The van der Waals surface area contributed by atoms with Crippen LogP contribution in [0.1, 0.15) is 78.8 Å². The Morgan fingerprint density at radius 2 is 2.03 bits per heavy atom. The Morgan fingerprint density at radius 1 is 1.21 bits per heavy atom. The first-order valence-corrected chi connectivity index (χ1v) is 10.8. The van der Waals surface area contributed by atoms with Crippen LogP contribution in [0.15, 0.2) is 22.9 Å². The maximum Gasteiger partial charge on any atom is 0.256 e. The first-order valence-electron chi connectivity index (χ1n) is 10.8. The SMILES string of the molecule is Cc1ccc(C(=O)N2CCCCC2c2nc(CCOCC3CCCC3)no2)cn1. The van der Waals surface area contributed by atoms with E-state index in [1.54, 1.807) is 6.20 Å². The van der Waals surface area contributed by atoms with Gasteiger partial charge in [0.15, 0.2) is 5.82 Å². The molecule has 1 amide bonds. The summed E-state index contributed by atoms with van der Waals surface area (Å²) >= 11 is 0. The zero-order valence-electron chi connectivity index (χ0n) is 17.2. The van der Waals surface area contributed by atoms with Gasteiger partial charge in [-0.05, 0) is 57.1 Å². The molecular weight excluding hydrogens is 368 g/mol. The molecule has 1 unspecified atom stereocenters. The molecule has 2 fully saturated rings. The predicted octanol–water partition coefficient (Wildman–Crippen LogP) is 3.89. The third-order valence-electron chi connectivity index (χ3n) is 5.99. The van der Waals surface area contributed by atoms with Crippen molar-refractivity contribution < 1.29 is 14.1 Å². The van der Waals surface area contributed by atoms with Gasteiger partial charge in [0.2, 0.25) is 5.89 Å². The molecule has 2 aromatic heterocycles. The van der Waals surface area contributed by atoms with Crippen molar-refractivity contribution in [3.05, 3.63) is 41.3 Å². The van der Waals surface area contributed by atoms with Gasteiger partial charge in [-0.25, -0.2) is 0 Å². The Balaban J connectivity index is 1.35. The molecule has 1 aliphatic carbocycles. The van der Waals surface area contributed by atoms with Crippen molar-refractivity contribution in [3.8, 4) is 0 Å². The Labute approximate surface area is 171 Å². The van der Waals surface area contributed by atoms with Crippen LogP contribution in [-0.4, -0.2) is 45.7 Å². The van der Waals surface area contributed by atoms with Crippen LogP contribution in [0, 0.1) is 12.8 Å². The lowest BCUT2D eigenvalue weighted by Gasteiger charge is -2.33. The molecule has 1 saturated heterocycles. The summed E-state index contributed by atoms with van der Waals surface area (Å²) in [6, 6.07) is 3.53. The van der Waals surface area contributed by atoms with Gasteiger partial charge in [0.05, 0.1) is 12.2 Å². The second kappa shape index (κ2) is 9.48. The topological polar surface area (TPSA) is 81.4 Å². The maximum atomic E-state index is 13.0. The standard InChI is InChI=1S/C22H30N4O3/c1-16-9-10-18(14-23-16)22(27)26-12-5-4-8-19(26)21-24-20(25-29-21)11-13-28-15-17-6-2-3-7-17/h9-10,14,17,19H,2-8,11-13,15H2,1H3. The number of likely N-dealkylation sites (tertiary alicyclic amines) is 1. The average molecular weight is 399 g/mol. The second-order valence-corrected chi connectivity index (χ2v) is 8.22. The van der Waals surface area contributed by atoms with Gasteiger partial charge in [0, 0.05) is 31.5 Å². The normalized spacial score (nSPS) is 20.3. The molecule has 4 rings (SSSR count). The molecule has 156 valence electrons. The van der Waals surface area contributed by atoms with E-state index in [2.05, 4.69) is 15.1 Å². The fourth-order valence-electron chi connectivity index (χ4n) is 4.29. The summed E-state index contributed by atoms with van der Waals surface area (Å²) in [7, 11) is 0. The van der Waals surface area contributed by atoms with Gasteiger partial charge >= 0.3 is 0 Å². The van der Waals surface area contributed by atoms with Gasteiger partial charge in [-0.15, -0.1) is 0 Å².